The highest BCUT2D eigenvalue weighted by Crippen LogP contribution is 2.38. The van der Waals surface area contributed by atoms with E-state index in [4.69, 9.17) is 15.0 Å². The Balaban J connectivity index is 2.09. The quantitative estimate of drug-likeness (QED) is 0.349. The van der Waals surface area contributed by atoms with Gasteiger partial charge in [0.25, 0.3) is 0 Å². The lowest BCUT2D eigenvalue weighted by Crippen LogP contribution is -2.22. The summed E-state index contributed by atoms with van der Waals surface area (Å²) < 4.78 is 11.9. The molecule has 0 aliphatic rings. The van der Waals surface area contributed by atoms with E-state index in [1.54, 1.807) is 12.1 Å². The summed E-state index contributed by atoms with van der Waals surface area (Å²) in [7, 11) is 0. The van der Waals surface area contributed by atoms with Crippen LogP contribution in [0.5, 0.6) is 11.5 Å². The highest BCUT2D eigenvalue weighted by molar-refractivity contribution is 5.44. The zero-order valence-corrected chi connectivity index (χ0v) is 18.1. The van der Waals surface area contributed by atoms with Crippen molar-refractivity contribution in [3.63, 3.8) is 0 Å². The Morgan fingerprint density at radius 1 is 0.821 bits per heavy atom. The molecule has 0 aromatic heterocycles. The number of benzene rings is 2. The smallest absolute Gasteiger partial charge is 0.123 e. The predicted molar refractivity (Wildman–Crippen MR) is 115 cm³/mol. The zero-order chi connectivity index (χ0) is 20.8. The van der Waals surface area contributed by atoms with Gasteiger partial charge in [-0.05, 0) is 59.6 Å². The molecule has 152 valence electrons. The number of rotatable bonds is 10. The van der Waals surface area contributed by atoms with Crippen molar-refractivity contribution in [3.8, 4) is 11.5 Å². The first kappa shape index (κ1) is 21.9. The summed E-state index contributed by atoms with van der Waals surface area (Å²) in [4.78, 5) is 0. The van der Waals surface area contributed by atoms with Crippen LogP contribution >= 0.6 is 0 Å². The zero-order valence-electron chi connectivity index (χ0n) is 18.1. The first-order valence-corrected chi connectivity index (χ1v) is 10.1. The van der Waals surface area contributed by atoms with Crippen LogP contribution < -0.4 is 9.47 Å². The molecule has 1 N–H and O–H groups in total. The SMILES string of the molecule is CCC(C)(C)c1ccc(OCCOc2ccc(N=N)cc2)c(C(C)(C)CC)c1. The van der Waals surface area contributed by atoms with Gasteiger partial charge in [0, 0.05) is 5.56 Å². The maximum atomic E-state index is 6.99. The minimum atomic E-state index is 0.0472. The van der Waals surface area contributed by atoms with Crippen LogP contribution in [-0.2, 0) is 10.8 Å². The predicted octanol–water partition coefficient (Wildman–Crippen LogP) is 7.18. The van der Waals surface area contributed by atoms with Gasteiger partial charge < -0.3 is 9.47 Å². The van der Waals surface area contributed by atoms with Crippen molar-refractivity contribution in [2.45, 2.75) is 65.2 Å². The third-order valence-electron chi connectivity index (χ3n) is 5.83. The lowest BCUT2D eigenvalue weighted by Gasteiger charge is -2.30. The lowest BCUT2D eigenvalue weighted by molar-refractivity contribution is 0.213. The van der Waals surface area contributed by atoms with E-state index in [1.807, 2.05) is 12.1 Å². The minimum absolute atomic E-state index is 0.0472. The van der Waals surface area contributed by atoms with Crippen molar-refractivity contribution in [2.75, 3.05) is 13.2 Å². The van der Waals surface area contributed by atoms with E-state index in [0.29, 0.717) is 18.9 Å². The van der Waals surface area contributed by atoms with Gasteiger partial charge in [0.05, 0.1) is 5.69 Å². The maximum absolute atomic E-state index is 6.99. The number of ether oxygens (including phenoxy) is 2. The van der Waals surface area contributed by atoms with Gasteiger partial charge in [0.2, 0.25) is 0 Å². The Kier molecular flexibility index (Phi) is 7.22. The van der Waals surface area contributed by atoms with Gasteiger partial charge in [-0.3, -0.25) is 0 Å². The van der Waals surface area contributed by atoms with E-state index >= 15 is 0 Å². The van der Waals surface area contributed by atoms with Crippen molar-refractivity contribution in [1.29, 1.82) is 5.53 Å². The number of nitrogens with zero attached hydrogens (tertiary/aromatic N) is 1. The first-order chi connectivity index (χ1) is 13.2. The largest absolute Gasteiger partial charge is 0.490 e. The average Bonchev–Trinajstić information content (AvgIpc) is 2.71. The summed E-state index contributed by atoms with van der Waals surface area (Å²) in [5.74, 6) is 1.69. The van der Waals surface area contributed by atoms with Gasteiger partial charge in [-0.15, -0.1) is 0 Å². The Labute approximate surface area is 169 Å². The molecule has 0 saturated carbocycles. The van der Waals surface area contributed by atoms with E-state index in [-0.39, 0.29) is 10.8 Å². The molecule has 0 aliphatic carbocycles. The van der Waals surface area contributed by atoms with Crippen molar-refractivity contribution in [3.05, 3.63) is 53.6 Å². The van der Waals surface area contributed by atoms with Crippen LogP contribution in [0.25, 0.3) is 0 Å². The number of nitrogens with one attached hydrogen (secondary N) is 1. The van der Waals surface area contributed by atoms with Gasteiger partial charge in [-0.1, -0.05) is 53.7 Å². The molecule has 0 heterocycles. The van der Waals surface area contributed by atoms with Gasteiger partial charge in [-0.2, -0.15) is 5.11 Å². The first-order valence-electron chi connectivity index (χ1n) is 10.1. The molecule has 4 nitrogen and oxygen atoms in total. The summed E-state index contributed by atoms with van der Waals surface area (Å²) in [6, 6.07) is 13.8. The van der Waals surface area contributed by atoms with Crippen LogP contribution in [0.2, 0.25) is 0 Å². The Hall–Kier alpha value is -2.36. The van der Waals surface area contributed by atoms with E-state index in [1.165, 1.54) is 11.1 Å². The molecule has 2 rings (SSSR count). The molecule has 0 saturated heterocycles. The van der Waals surface area contributed by atoms with Gasteiger partial charge in [0.15, 0.2) is 0 Å². The topological polar surface area (TPSA) is 54.7 Å². The standard InChI is InChI=1S/C24H34N2O2/c1-7-23(3,4)18-9-14-22(21(17-18)24(5,6)8-2)28-16-15-27-20-12-10-19(26-25)11-13-20/h9-14,17,25H,7-8,15-16H2,1-6H3. The van der Waals surface area contributed by atoms with Crippen LogP contribution in [-0.4, -0.2) is 13.2 Å². The minimum Gasteiger partial charge on any atom is -0.490 e. The summed E-state index contributed by atoms with van der Waals surface area (Å²) >= 11 is 0. The molecule has 0 aliphatic heterocycles. The molecule has 0 bridgehead atoms. The van der Waals surface area contributed by atoms with Gasteiger partial charge in [0.1, 0.15) is 24.7 Å². The monoisotopic (exact) mass is 382 g/mol. The molecule has 0 radical (unpaired) electrons. The van der Waals surface area contributed by atoms with Gasteiger partial charge >= 0.3 is 0 Å². The molecule has 0 fully saturated rings. The molecular formula is C24H34N2O2. The Morgan fingerprint density at radius 2 is 1.43 bits per heavy atom. The van der Waals surface area contributed by atoms with E-state index in [0.717, 1.165) is 24.3 Å². The Morgan fingerprint density at radius 3 is 2.00 bits per heavy atom. The molecule has 2 aromatic rings. The van der Waals surface area contributed by atoms with E-state index < -0.39 is 0 Å². The summed E-state index contributed by atoms with van der Waals surface area (Å²) in [5, 5.41) is 3.39. The number of hydrogen-bond acceptors (Lipinski definition) is 4. The molecule has 2 aromatic carbocycles. The van der Waals surface area contributed by atoms with Crippen molar-refractivity contribution in [1.82, 2.24) is 0 Å². The second kappa shape index (κ2) is 9.22. The molecule has 0 unspecified atom stereocenters. The summed E-state index contributed by atoms with van der Waals surface area (Å²) in [5.41, 5.74) is 10.4. The van der Waals surface area contributed by atoms with E-state index in [2.05, 4.69) is 64.9 Å². The van der Waals surface area contributed by atoms with Crippen molar-refractivity contribution < 1.29 is 9.47 Å². The van der Waals surface area contributed by atoms with Crippen LogP contribution in [0, 0.1) is 5.53 Å². The second-order valence-electron chi connectivity index (χ2n) is 8.49. The third-order valence-corrected chi connectivity index (χ3v) is 5.83. The fourth-order valence-corrected chi connectivity index (χ4v) is 2.93. The molecular weight excluding hydrogens is 348 g/mol. The molecule has 28 heavy (non-hydrogen) atoms. The molecule has 4 heteroatoms. The van der Waals surface area contributed by atoms with Crippen LogP contribution in [0.3, 0.4) is 0 Å². The second-order valence-corrected chi connectivity index (χ2v) is 8.49. The molecule has 0 amide bonds. The fraction of sp³-hybridized carbons (Fsp3) is 0.500. The third kappa shape index (κ3) is 5.34. The summed E-state index contributed by atoms with van der Waals surface area (Å²) in [6.07, 6.45) is 2.14. The van der Waals surface area contributed by atoms with Crippen LogP contribution in [0.15, 0.2) is 47.6 Å². The lowest BCUT2D eigenvalue weighted by atomic mass is 9.76. The summed E-state index contributed by atoms with van der Waals surface area (Å²) in [6.45, 7) is 14.5. The van der Waals surface area contributed by atoms with Crippen LogP contribution in [0.1, 0.15) is 65.5 Å². The van der Waals surface area contributed by atoms with E-state index in [9.17, 15) is 0 Å². The highest BCUT2D eigenvalue weighted by atomic mass is 16.5. The fourth-order valence-electron chi connectivity index (χ4n) is 2.93. The maximum Gasteiger partial charge on any atom is 0.123 e. The normalized spacial score (nSPS) is 11.9. The average molecular weight is 383 g/mol. The van der Waals surface area contributed by atoms with Gasteiger partial charge in [-0.25, -0.2) is 5.53 Å². The molecule has 0 atom stereocenters. The highest BCUT2D eigenvalue weighted by Gasteiger charge is 2.26. The Bertz CT molecular complexity index is 780. The van der Waals surface area contributed by atoms with Crippen molar-refractivity contribution in [2.24, 2.45) is 5.11 Å². The molecule has 0 spiro atoms. The van der Waals surface area contributed by atoms with Crippen molar-refractivity contribution >= 4 is 5.69 Å². The van der Waals surface area contributed by atoms with Crippen LogP contribution in [0.4, 0.5) is 5.69 Å². The number of hydrogen-bond donors (Lipinski definition) is 1.